The lowest BCUT2D eigenvalue weighted by Crippen LogP contribution is -2.25. The van der Waals surface area contributed by atoms with Crippen molar-refractivity contribution in [2.24, 2.45) is 0 Å². The fourth-order valence-electron chi connectivity index (χ4n) is 3.37. The summed E-state index contributed by atoms with van der Waals surface area (Å²) < 4.78 is 1.76. The molecule has 2 N–H and O–H groups in total. The van der Waals surface area contributed by atoms with Crippen LogP contribution >= 0.6 is 11.6 Å². The van der Waals surface area contributed by atoms with E-state index in [9.17, 15) is 9.59 Å². The van der Waals surface area contributed by atoms with Crippen LogP contribution in [0, 0.1) is 0 Å². The Bertz CT molecular complexity index is 1260. The summed E-state index contributed by atoms with van der Waals surface area (Å²) in [4.78, 5) is 27.7. The first-order valence-corrected chi connectivity index (χ1v) is 9.87. The molecule has 0 aliphatic rings. The van der Waals surface area contributed by atoms with Crippen molar-refractivity contribution in [2.45, 2.75) is 26.2 Å². The zero-order chi connectivity index (χ0) is 20.4. The van der Waals surface area contributed by atoms with Crippen molar-refractivity contribution < 1.29 is 4.79 Å². The second-order valence-corrected chi connectivity index (χ2v) is 7.28. The van der Waals surface area contributed by atoms with E-state index in [1.54, 1.807) is 16.5 Å². The predicted molar refractivity (Wildman–Crippen MR) is 113 cm³/mol. The van der Waals surface area contributed by atoms with E-state index >= 15 is 0 Å². The second kappa shape index (κ2) is 8.05. The SMILES string of the molecule is CCCc1nnc2c(=O)[nH]c3cc(C(=O)NCCc4cccc(Cl)c4)ccc3n12. The van der Waals surface area contributed by atoms with Crippen LogP contribution in [0.5, 0.6) is 0 Å². The Morgan fingerprint density at radius 3 is 2.83 bits per heavy atom. The number of fused-ring (bicyclic) bond motifs is 3. The molecular formula is C21H20ClN5O2. The maximum Gasteiger partial charge on any atom is 0.294 e. The third kappa shape index (κ3) is 3.86. The second-order valence-electron chi connectivity index (χ2n) is 6.85. The third-order valence-electron chi connectivity index (χ3n) is 4.74. The maximum atomic E-state index is 12.6. The van der Waals surface area contributed by atoms with Crippen LogP contribution in [0.4, 0.5) is 0 Å². The number of hydrogen-bond donors (Lipinski definition) is 2. The van der Waals surface area contributed by atoms with E-state index in [2.05, 4.69) is 20.5 Å². The van der Waals surface area contributed by atoms with Crippen molar-refractivity contribution in [3.05, 3.63) is 74.8 Å². The lowest BCUT2D eigenvalue weighted by molar-refractivity contribution is 0.0954. The van der Waals surface area contributed by atoms with Crippen molar-refractivity contribution >= 4 is 34.2 Å². The van der Waals surface area contributed by atoms with E-state index in [-0.39, 0.29) is 17.1 Å². The number of rotatable bonds is 6. The van der Waals surface area contributed by atoms with Gasteiger partial charge >= 0.3 is 0 Å². The lowest BCUT2D eigenvalue weighted by Gasteiger charge is -2.08. The van der Waals surface area contributed by atoms with Crippen LogP contribution in [0.15, 0.2) is 47.3 Å². The minimum absolute atomic E-state index is 0.201. The first-order valence-electron chi connectivity index (χ1n) is 9.49. The Morgan fingerprint density at radius 1 is 1.17 bits per heavy atom. The number of carbonyl (C=O) groups is 1. The van der Waals surface area contributed by atoms with Crippen molar-refractivity contribution in [3.8, 4) is 0 Å². The van der Waals surface area contributed by atoms with Gasteiger partial charge in [0.15, 0.2) is 0 Å². The van der Waals surface area contributed by atoms with Gasteiger partial charge in [0.1, 0.15) is 5.82 Å². The molecule has 2 heterocycles. The molecule has 7 nitrogen and oxygen atoms in total. The Balaban J connectivity index is 1.58. The number of aromatic nitrogens is 4. The highest BCUT2D eigenvalue weighted by Crippen LogP contribution is 2.16. The quantitative estimate of drug-likeness (QED) is 0.511. The highest BCUT2D eigenvalue weighted by molar-refractivity contribution is 6.30. The van der Waals surface area contributed by atoms with E-state index in [0.29, 0.717) is 35.5 Å². The topological polar surface area (TPSA) is 92.2 Å². The summed E-state index contributed by atoms with van der Waals surface area (Å²) in [6.45, 7) is 2.53. The molecule has 8 heteroatoms. The van der Waals surface area contributed by atoms with E-state index in [1.165, 1.54) is 0 Å². The molecule has 0 spiro atoms. The molecular weight excluding hydrogens is 390 g/mol. The molecule has 0 atom stereocenters. The standard InChI is InChI=1S/C21H20ClN5O2/c1-2-4-18-25-26-19-21(29)24-16-12-14(7-8-17(16)27(18)19)20(28)23-10-9-13-5-3-6-15(22)11-13/h3,5-8,11-12H,2,4,9-10H2,1H3,(H,23,28)(H,24,29). The van der Waals surface area contributed by atoms with Crippen LogP contribution in [-0.4, -0.2) is 32.0 Å². The average Bonchev–Trinajstić information content (AvgIpc) is 3.13. The number of aromatic amines is 1. The summed E-state index contributed by atoms with van der Waals surface area (Å²) in [6.07, 6.45) is 2.28. The third-order valence-corrected chi connectivity index (χ3v) is 4.98. The van der Waals surface area contributed by atoms with E-state index in [0.717, 1.165) is 23.3 Å². The summed E-state index contributed by atoms with van der Waals surface area (Å²) in [6, 6.07) is 12.8. The number of aryl methyl sites for hydroxylation is 1. The first-order chi connectivity index (χ1) is 14.1. The number of benzene rings is 2. The van der Waals surface area contributed by atoms with Crippen LogP contribution in [0.25, 0.3) is 16.7 Å². The Hall–Kier alpha value is -3.19. The minimum atomic E-state index is -0.328. The van der Waals surface area contributed by atoms with Crippen LogP contribution < -0.4 is 10.9 Å². The monoisotopic (exact) mass is 409 g/mol. The molecule has 0 radical (unpaired) electrons. The molecule has 1 amide bonds. The number of amides is 1. The van der Waals surface area contributed by atoms with Gasteiger partial charge in [-0.15, -0.1) is 10.2 Å². The molecule has 148 valence electrons. The molecule has 0 aliphatic carbocycles. The normalized spacial score (nSPS) is 11.2. The largest absolute Gasteiger partial charge is 0.352 e. The molecule has 0 unspecified atom stereocenters. The molecule has 29 heavy (non-hydrogen) atoms. The average molecular weight is 410 g/mol. The molecule has 4 rings (SSSR count). The first kappa shape index (κ1) is 19.1. The summed E-state index contributed by atoms with van der Waals surface area (Å²) in [5, 5.41) is 11.7. The highest BCUT2D eigenvalue weighted by atomic mass is 35.5. The van der Waals surface area contributed by atoms with Crippen molar-refractivity contribution in [2.75, 3.05) is 6.54 Å². The predicted octanol–water partition coefficient (Wildman–Crippen LogP) is 3.15. The number of nitrogens with zero attached hydrogens (tertiary/aromatic N) is 3. The molecule has 0 aliphatic heterocycles. The molecule has 0 saturated carbocycles. The fraction of sp³-hybridized carbons (Fsp3) is 0.238. The number of H-pyrrole nitrogens is 1. The number of nitrogens with one attached hydrogen (secondary N) is 2. The highest BCUT2D eigenvalue weighted by Gasteiger charge is 2.14. The summed E-state index contributed by atoms with van der Waals surface area (Å²) in [5.74, 6) is 0.532. The molecule has 4 aromatic rings. The van der Waals surface area contributed by atoms with Crippen LogP contribution in [-0.2, 0) is 12.8 Å². The molecule has 0 bridgehead atoms. The van der Waals surface area contributed by atoms with E-state index in [1.807, 2.05) is 37.3 Å². The summed E-state index contributed by atoms with van der Waals surface area (Å²) in [7, 11) is 0. The Labute approximate surface area is 171 Å². The molecule has 0 fully saturated rings. The Morgan fingerprint density at radius 2 is 2.03 bits per heavy atom. The fourth-order valence-corrected chi connectivity index (χ4v) is 3.58. The van der Waals surface area contributed by atoms with Gasteiger partial charge in [-0.2, -0.15) is 0 Å². The molecule has 2 aromatic carbocycles. The van der Waals surface area contributed by atoms with E-state index < -0.39 is 0 Å². The Kier molecular flexibility index (Phi) is 5.31. The minimum Gasteiger partial charge on any atom is -0.352 e. The van der Waals surface area contributed by atoms with Crippen molar-refractivity contribution in [1.29, 1.82) is 0 Å². The number of halogens is 1. The molecule has 2 aromatic heterocycles. The van der Waals surface area contributed by atoms with E-state index in [4.69, 9.17) is 11.6 Å². The van der Waals surface area contributed by atoms with Gasteiger partial charge in [0.05, 0.1) is 11.0 Å². The van der Waals surface area contributed by atoms with Gasteiger partial charge in [0, 0.05) is 23.6 Å². The van der Waals surface area contributed by atoms with Crippen LogP contribution in [0.2, 0.25) is 5.02 Å². The van der Waals surface area contributed by atoms with Gasteiger partial charge in [0.2, 0.25) is 5.65 Å². The zero-order valence-electron chi connectivity index (χ0n) is 15.9. The van der Waals surface area contributed by atoms with Gasteiger partial charge in [0.25, 0.3) is 11.5 Å². The number of hydrogen-bond acceptors (Lipinski definition) is 4. The zero-order valence-corrected chi connectivity index (χ0v) is 16.7. The van der Waals surface area contributed by atoms with Crippen LogP contribution in [0.3, 0.4) is 0 Å². The molecule has 0 saturated heterocycles. The maximum absolute atomic E-state index is 12.6. The van der Waals surface area contributed by atoms with Crippen LogP contribution in [0.1, 0.15) is 35.1 Å². The smallest absolute Gasteiger partial charge is 0.294 e. The van der Waals surface area contributed by atoms with Gasteiger partial charge < -0.3 is 10.3 Å². The summed E-state index contributed by atoms with van der Waals surface area (Å²) in [5.41, 5.74) is 2.80. The number of carbonyl (C=O) groups excluding carboxylic acids is 1. The van der Waals surface area contributed by atoms with Gasteiger partial charge in [-0.25, -0.2) is 0 Å². The van der Waals surface area contributed by atoms with Gasteiger partial charge in [-0.05, 0) is 48.7 Å². The van der Waals surface area contributed by atoms with Gasteiger partial charge in [-0.3, -0.25) is 14.0 Å². The van der Waals surface area contributed by atoms with Crippen molar-refractivity contribution in [3.63, 3.8) is 0 Å². The summed E-state index contributed by atoms with van der Waals surface area (Å²) >= 11 is 5.99. The lowest BCUT2D eigenvalue weighted by atomic mass is 10.1. The van der Waals surface area contributed by atoms with Gasteiger partial charge in [-0.1, -0.05) is 30.7 Å². The van der Waals surface area contributed by atoms with Crippen molar-refractivity contribution in [1.82, 2.24) is 24.9 Å².